The molecule has 0 amide bonds. The van der Waals surface area contributed by atoms with Gasteiger partial charge in [-0.05, 0) is 25.0 Å². The first kappa shape index (κ1) is 14.7. The first-order chi connectivity index (χ1) is 7.10. The number of aryl methyl sites for hydroxylation is 1. The summed E-state index contributed by atoms with van der Waals surface area (Å²) in [5, 5.41) is 0. The summed E-state index contributed by atoms with van der Waals surface area (Å²) in [6.45, 7) is 7.21. The van der Waals surface area contributed by atoms with Gasteiger partial charge in [-0.1, -0.05) is 18.7 Å². The molecule has 0 aliphatic carbocycles. The second-order valence-electron chi connectivity index (χ2n) is 3.25. The highest BCUT2D eigenvalue weighted by Gasteiger charge is 2.11. The smallest absolute Gasteiger partial charge is 0.335 e. The van der Waals surface area contributed by atoms with E-state index in [-0.39, 0.29) is 6.15 Å². The Balaban J connectivity index is 0.00000225. The van der Waals surface area contributed by atoms with E-state index >= 15 is 0 Å². The Morgan fingerprint density at radius 1 is 1.50 bits per heavy atom. The maximum atomic E-state index is 11.1. The molecule has 16 heavy (non-hydrogen) atoms. The number of hydrogen-bond acceptors (Lipinski definition) is 3. The van der Waals surface area contributed by atoms with Gasteiger partial charge in [0.1, 0.15) is 5.75 Å². The van der Waals surface area contributed by atoms with E-state index in [1.807, 2.05) is 26.0 Å². The van der Waals surface area contributed by atoms with Crippen molar-refractivity contribution in [2.24, 2.45) is 0 Å². The lowest BCUT2D eigenvalue weighted by molar-refractivity contribution is -0.129. The number of esters is 1. The van der Waals surface area contributed by atoms with Crippen molar-refractivity contribution >= 4 is 17.6 Å². The van der Waals surface area contributed by atoms with Crippen molar-refractivity contribution in [3.8, 4) is 5.75 Å². The van der Waals surface area contributed by atoms with E-state index in [4.69, 9.17) is 16.3 Å². The summed E-state index contributed by atoms with van der Waals surface area (Å²) in [6.07, 6.45) is 1.14. The van der Waals surface area contributed by atoms with Crippen molar-refractivity contribution in [3.63, 3.8) is 0 Å². The van der Waals surface area contributed by atoms with E-state index in [2.05, 4.69) is 6.58 Å². The molecule has 0 atom stereocenters. The Hall–Kier alpha value is -1.32. The minimum absolute atomic E-state index is 0. The lowest BCUT2D eigenvalue weighted by Crippen LogP contribution is -2.07. The maximum Gasteiger partial charge on any atom is 0.335 e. The van der Waals surface area contributed by atoms with Crippen LogP contribution in [0.5, 0.6) is 5.75 Å². The minimum Gasteiger partial charge on any atom is -0.423 e. The highest BCUT2D eigenvalue weighted by Crippen LogP contribution is 2.27. The van der Waals surface area contributed by atoms with Crippen LogP contribution >= 0.6 is 11.6 Å². The maximum absolute atomic E-state index is 11.1. The van der Waals surface area contributed by atoms with Gasteiger partial charge in [0.15, 0.2) is 0 Å². The van der Waals surface area contributed by atoms with E-state index in [1.165, 1.54) is 0 Å². The molecule has 0 bridgehead atoms. The number of alkyl halides is 1. The summed E-state index contributed by atoms with van der Waals surface area (Å²) in [5.41, 5.74) is 2.81. The molecule has 0 unspecified atom stereocenters. The first-order valence-electron chi connectivity index (χ1n) is 4.59. The Morgan fingerprint density at radius 3 is 2.62 bits per heavy atom. The van der Waals surface area contributed by atoms with Gasteiger partial charge in [-0.25, -0.2) is 4.79 Å². The van der Waals surface area contributed by atoms with E-state index < -0.39 is 5.97 Å². The average molecular weight is 242 g/mol. The lowest BCUT2D eigenvalue weighted by atomic mass is 10.1. The largest absolute Gasteiger partial charge is 0.423 e. The monoisotopic (exact) mass is 241 g/mol. The molecule has 0 fully saturated rings. The van der Waals surface area contributed by atoms with Gasteiger partial charge in [0.05, 0.1) is 5.88 Å². The van der Waals surface area contributed by atoms with Crippen LogP contribution < -0.4 is 10.9 Å². The van der Waals surface area contributed by atoms with Crippen LogP contribution in [0.2, 0.25) is 0 Å². The SMILES string of the molecule is C=CC(=O)Oc1c(CCl)ccc(C)c1C.N. The molecule has 3 N–H and O–H groups in total. The molecule has 0 radical (unpaired) electrons. The topological polar surface area (TPSA) is 61.3 Å². The second kappa shape index (κ2) is 6.30. The molecule has 0 aliphatic heterocycles. The molecule has 0 saturated heterocycles. The fourth-order valence-corrected chi connectivity index (χ4v) is 1.45. The van der Waals surface area contributed by atoms with Crippen molar-refractivity contribution in [1.82, 2.24) is 6.15 Å². The molecule has 1 aromatic carbocycles. The molecule has 3 nitrogen and oxygen atoms in total. The van der Waals surface area contributed by atoms with Gasteiger partial charge in [-0.3, -0.25) is 0 Å². The van der Waals surface area contributed by atoms with Gasteiger partial charge in [-0.2, -0.15) is 0 Å². The van der Waals surface area contributed by atoms with Gasteiger partial charge >= 0.3 is 5.97 Å². The molecule has 88 valence electrons. The van der Waals surface area contributed by atoms with Gasteiger partial charge in [0.2, 0.25) is 0 Å². The molecule has 1 rings (SSSR count). The predicted octanol–water partition coefficient (Wildman–Crippen LogP) is 3.30. The third kappa shape index (κ3) is 3.08. The normalized spacial score (nSPS) is 9.19. The molecular weight excluding hydrogens is 226 g/mol. The van der Waals surface area contributed by atoms with Crippen molar-refractivity contribution in [1.29, 1.82) is 0 Å². The van der Waals surface area contributed by atoms with E-state index in [1.54, 1.807) is 0 Å². The van der Waals surface area contributed by atoms with Crippen molar-refractivity contribution in [3.05, 3.63) is 41.5 Å². The number of rotatable bonds is 3. The number of ether oxygens (including phenoxy) is 1. The molecule has 0 spiro atoms. The molecule has 0 aromatic heterocycles. The zero-order valence-corrected chi connectivity index (χ0v) is 10.3. The van der Waals surface area contributed by atoms with Crippen LogP contribution in [-0.2, 0) is 10.7 Å². The number of carbonyl (C=O) groups excluding carboxylic acids is 1. The van der Waals surface area contributed by atoms with Crippen LogP contribution in [-0.4, -0.2) is 5.97 Å². The average Bonchev–Trinajstić information content (AvgIpc) is 2.25. The number of halogens is 1. The highest BCUT2D eigenvalue weighted by molar-refractivity contribution is 6.17. The van der Waals surface area contributed by atoms with Gasteiger partial charge in [0.25, 0.3) is 0 Å². The van der Waals surface area contributed by atoms with Crippen LogP contribution in [0.15, 0.2) is 24.8 Å². The Morgan fingerprint density at radius 2 is 2.12 bits per heavy atom. The molecule has 1 aromatic rings. The Kier molecular flexibility index (Phi) is 5.78. The van der Waals surface area contributed by atoms with Crippen LogP contribution in [0.1, 0.15) is 16.7 Å². The third-order valence-corrected chi connectivity index (χ3v) is 2.56. The van der Waals surface area contributed by atoms with Crippen LogP contribution in [0.4, 0.5) is 0 Å². The summed E-state index contributed by atoms with van der Waals surface area (Å²) in [4.78, 5) is 11.1. The molecule has 0 saturated carbocycles. The summed E-state index contributed by atoms with van der Waals surface area (Å²) >= 11 is 5.77. The van der Waals surface area contributed by atoms with Gasteiger partial charge in [0, 0.05) is 11.6 Å². The van der Waals surface area contributed by atoms with Crippen LogP contribution in [0.3, 0.4) is 0 Å². The summed E-state index contributed by atoms with van der Waals surface area (Å²) < 4.78 is 5.16. The number of hydrogen-bond donors (Lipinski definition) is 1. The quantitative estimate of drug-likeness (QED) is 0.382. The highest BCUT2D eigenvalue weighted by atomic mass is 35.5. The molecule has 4 heteroatoms. The van der Waals surface area contributed by atoms with Crippen LogP contribution in [0, 0.1) is 13.8 Å². The second-order valence-corrected chi connectivity index (χ2v) is 3.52. The fourth-order valence-electron chi connectivity index (χ4n) is 1.24. The van der Waals surface area contributed by atoms with Crippen molar-refractivity contribution in [2.75, 3.05) is 0 Å². The molecule has 0 aliphatic rings. The minimum atomic E-state index is -0.463. The van der Waals surface area contributed by atoms with Crippen molar-refractivity contribution < 1.29 is 9.53 Å². The van der Waals surface area contributed by atoms with Crippen LogP contribution in [0.25, 0.3) is 0 Å². The summed E-state index contributed by atoms with van der Waals surface area (Å²) in [7, 11) is 0. The van der Waals surface area contributed by atoms with Crippen molar-refractivity contribution in [2.45, 2.75) is 19.7 Å². The Bertz CT molecular complexity index is 402. The summed E-state index contributed by atoms with van der Waals surface area (Å²) in [5.74, 6) is 0.408. The van der Waals surface area contributed by atoms with Gasteiger partial charge in [-0.15, -0.1) is 11.6 Å². The fraction of sp³-hybridized carbons (Fsp3) is 0.250. The zero-order valence-electron chi connectivity index (χ0n) is 9.55. The first-order valence-corrected chi connectivity index (χ1v) is 5.13. The number of carbonyl (C=O) groups is 1. The van der Waals surface area contributed by atoms with E-state index in [9.17, 15) is 4.79 Å². The molecular formula is C12H16ClNO2. The Labute approximate surface area is 101 Å². The molecule has 0 heterocycles. The predicted molar refractivity (Wildman–Crippen MR) is 66.3 cm³/mol. The zero-order chi connectivity index (χ0) is 11.4. The van der Waals surface area contributed by atoms with E-state index in [0.29, 0.717) is 11.6 Å². The van der Waals surface area contributed by atoms with Gasteiger partial charge < -0.3 is 10.9 Å². The summed E-state index contributed by atoms with van der Waals surface area (Å²) in [6, 6.07) is 3.82. The standard InChI is InChI=1S/C12H13ClO2.H3N/c1-4-11(14)15-12-9(3)8(2)5-6-10(12)7-13;/h4-6H,1,7H2,2-3H3;1H3. The van der Waals surface area contributed by atoms with E-state index in [0.717, 1.165) is 22.8 Å². The third-order valence-electron chi connectivity index (χ3n) is 2.27. The lowest BCUT2D eigenvalue weighted by Gasteiger charge is -2.12. The number of benzene rings is 1.